The molecule has 0 bridgehead atoms. The molecule has 0 atom stereocenters. The number of halogens is 1. The van der Waals surface area contributed by atoms with Gasteiger partial charge in [0.1, 0.15) is 11.3 Å². The van der Waals surface area contributed by atoms with Crippen LogP contribution < -0.4 is 11.1 Å². The fraction of sp³-hybridized carbons (Fsp3) is 0.471. The molecule has 1 aliphatic heterocycles. The number of benzene rings is 1. The van der Waals surface area contributed by atoms with Crippen molar-refractivity contribution in [1.29, 1.82) is 0 Å². The summed E-state index contributed by atoms with van der Waals surface area (Å²) in [6.45, 7) is 3.94. The van der Waals surface area contributed by atoms with Crippen LogP contribution in [0.4, 0.5) is 0 Å². The molecule has 0 radical (unpaired) electrons. The standard InChI is InChI=1S/C17H22N2O3.ClH/c1-12-13-4-2-3-5-14(13)22-15(12)10-19-16(20)17(11-18)6-8-21-9-7-17;/h2-5H,6-11,18H2,1H3,(H,19,20);1H. The lowest BCUT2D eigenvalue weighted by Gasteiger charge is -2.34. The van der Waals surface area contributed by atoms with E-state index >= 15 is 0 Å². The lowest BCUT2D eigenvalue weighted by molar-refractivity contribution is -0.136. The molecule has 1 aromatic heterocycles. The van der Waals surface area contributed by atoms with Crippen LogP contribution in [0.5, 0.6) is 0 Å². The van der Waals surface area contributed by atoms with Gasteiger partial charge >= 0.3 is 0 Å². The summed E-state index contributed by atoms with van der Waals surface area (Å²) < 4.78 is 11.2. The number of furan rings is 1. The second kappa shape index (κ2) is 7.34. The Morgan fingerprint density at radius 3 is 2.65 bits per heavy atom. The molecule has 0 saturated carbocycles. The minimum absolute atomic E-state index is 0. The SMILES string of the molecule is Cc1c(CNC(=O)C2(CN)CCOCC2)oc2ccccc12.Cl. The molecule has 1 amide bonds. The van der Waals surface area contributed by atoms with Gasteiger partial charge < -0.3 is 20.2 Å². The monoisotopic (exact) mass is 338 g/mol. The van der Waals surface area contributed by atoms with Gasteiger partial charge in [-0.3, -0.25) is 4.79 Å². The molecule has 0 spiro atoms. The highest BCUT2D eigenvalue weighted by molar-refractivity contribution is 5.85. The predicted octanol–water partition coefficient (Wildman–Crippen LogP) is 2.53. The van der Waals surface area contributed by atoms with Crippen LogP contribution in [0, 0.1) is 12.3 Å². The van der Waals surface area contributed by atoms with Crippen molar-refractivity contribution in [3.8, 4) is 0 Å². The van der Waals surface area contributed by atoms with Gasteiger partial charge in [0.2, 0.25) is 5.91 Å². The number of nitrogens with two attached hydrogens (primary N) is 1. The van der Waals surface area contributed by atoms with Gasteiger partial charge in [0.05, 0.1) is 12.0 Å². The molecule has 126 valence electrons. The van der Waals surface area contributed by atoms with E-state index in [0.29, 0.717) is 39.1 Å². The van der Waals surface area contributed by atoms with Gasteiger partial charge in [-0.1, -0.05) is 18.2 Å². The minimum Gasteiger partial charge on any atom is -0.459 e. The highest BCUT2D eigenvalue weighted by Gasteiger charge is 2.38. The summed E-state index contributed by atoms with van der Waals surface area (Å²) in [6.07, 6.45) is 1.35. The predicted molar refractivity (Wildman–Crippen MR) is 91.6 cm³/mol. The van der Waals surface area contributed by atoms with Crippen molar-refractivity contribution in [3.05, 3.63) is 35.6 Å². The van der Waals surface area contributed by atoms with Crippen LogP contribution in [0.3, 0.4) is 0 Å². The van der Waals surface area contributed by atoms with E-state index in [1.165, 1.54) is 0 Å². The number of ether oxygens (including phenoxy) is 1. The average Bonchev–Trinajstić information content (AvgIpc) is 2.90. The summed E-state index contributed by atoms with van der Waals surface area (Å²) in [4.78, 5) is 12.6. The van der Waals surface area contributed by atoms with Gasteiger partial charge in [0.25, 0.3) is 0 Å². The van der Waals surface area contributed by atoms with Crippen LogP contribution in [0.2, 0.25) is 0 Å². The Morgan fingerprint density at radius 1 is 1.30 bits per heavy atom. The molecule has 3 rings (SSSR count). The van der Waals surface area contributed by atoms with E-state index in [1.54, 1.807) is 0 Å². The first kappa shape index (κ1) is 17.8. The molecular weight excluding hydrogens is 316 g/mol. The zero-order chi connectivity index (χ0) is 15.6. The number of hydrogen-bond donors (Lipinski definition) is 2. The quantitative estimate of drug-likeness (QED) is 0.898. The maximum atomic E-state index is 12.6. The first-order chi connectivity index (χ1) is 10.7. The largest absolute Gasteiger partial charge is 0.459 e. The topological polar surface area (TPSA) is 77.5 Å². The van der Waals surface area contributed by atoms with Gasteiger partial charge in [-0.15, -0.1) is 12.4 Å². The summed E-state index contributed by atoms with van der Waals surface area (Å²) >= 11 is 0. The van der Waals surface area contributed by atoms with Gasteiger partial charge in [-0.25, -0.2) is 0 Å². The van der Waals surface area contributed by atoms with Crippen molar-refractivity contribution in [2.45, 2.75) is 26.3 Å². The molecule has 0 unspecified atom stereocenters. The van der Waals surface area contributed by atoms with Crippen LogP contribution in [0.25, 0.3) is 11.0 Å². The molecule has 1 aliphatic rings. The Labute approximate surface area is 142 Å². The number of hydrogen-bond acceptors (Lipinski definition) is 4. The first-order valence-electron chi connectivity index (χ1n) is 7.69. The Kier molecular flexibility index (Phi) is 5.68. The van der Waals surface area contributed by atoms with E-state index in [4.69, 9.17) is 14.9 Å². The molecule has 23 heavy (non-hydrogen) atoms. The van der Waals surface area contributed by atoms with E-state index in [2.05, 4.69) is 5.32 Å². The second-order valence-electron chi connectivity index (χ2n) is 5.93. The number of fused-ring (bicyclic) bond motifs is 1. The molecule has 1 aromatic carbocycles. The minimum atomic E-state index is -0.502. The van der Waals surface area contributed by atoms with Crippen molar-refractivity contribution in [3.63, 3.8) is 0 Å². The molecule has 6 heteroatoms. The summed E-state index contributed by atoms with van der Waals surface area (Å²) in [5, 5.41) is 4.08. The number of aryl methyl sites for hydroxylation is 1. The summed E-state index contributed by atoms with van der Waals surface area (Å²) in [6, 6.07) is 7.89. The molecule has 2 aromatic rings. The number of para-hydroxylation sites is 1. The van der Waals surface area contributed by atoms with E-state index in [-0.39, 0.29) is 18.3 Å². The van der Waals surface area contributed by atoms with Crippen molar-refractivity contribution in [2.75, 3.05) is 19.8 Å². The van der Waals surface area contributed by atoms with Crippen molar-refractivity contribution in [2.24, 2.45) is 11.1 Å². The molecular formula is C17H23ClN2O3. The van der Waals surface area contributed by atoms with E-state index < -0.39 is 5.41 Å². The first-order valence-corrected chi connectivity index (χ1v) is 7.69. The Balaban J connectivity index is 0.00000192. The lowest BCUT2D eigenvalue weighted by atomic mass is 9.79. The molecule has 3 N–H and O–H groups in total. The smallest absolute Gasteiger partial charge is 0.228 e. The molecule has 2 heterocycles. The maximum Gasteiger partial charge on any atom is 0.228 e. The van der Waals surface area contributed by atoms with Gasteiger partial charge in [-0.2, -0.15) is 0 Å². The van der Waals surface area contributed by atoms with Gasteiger partial charge in [-0.05, 0) is 25.8 Å². The van der Waals surface area contributed by atoms with Gasteiger partial charge in [0, 0.05) is 30.7 Å². The Bertz CT molecular complexity index is 678. The lowest BCUT2D eigenvalue weighted by Crippen LogP contribution is -2.48. The van der Waals surface area contributed by atoms with Crippen molar-refractivity contribution >= 4 is 29.3 Å². The third-order valence-electron chi connectivity index (χ3n) is 4.67. The van der Waals surface area contributed by atoms with Crippen molar-refractivity contribution in [1.82, 2.24) is 5.32 Å². The highest BCUT2D eigenvalue weighted by Crippen LogP contribution is 2.30. The number of nitrogens with one attached hydrogen (secondary N) is 1. The fourth-order valence-electron chi connectivity index (χ4n) is 3.03. The second-order valence-corrected chi connectivity index (χ2v) is 5.93. The van der Waals surface area contributed by atoms with Gasteiger partial charge in [0.15, 0.2) is 0 Å². The number of amides is 1. The van der Waals surface area contributed by atoms with Crippen LogP contribution in [0.1, 0.15) is 24.2 Å². The van der Waals surface area contributed by atoms with E-state index in [9.17, 15) is 4.79 Å². The molecule has 1 saturated heterocycles. The summed E-state index contributed by atoms with van der Waals surface area (Å²) in [5.74, 6) is 0.798. The zero-order valence-electron chi connectivity index (χ0n) is 13.3. The van der Waals surface area contributed by atoms with Crippen LogP contribution in [0.15, 0.2) is 28.7 Å². The Morgan fingerprint density at radius 2 is 2.00 bits per heavy atom. The molecule has 5 nitrogen and oxygen atoms in total. The summed E-state index contributed by atoms with van der Waals surface area (Å²) in [7, 11) is 0. The van der Waals surface area contributed by atoms with Crippen LogP contribution in [-0.4, -0.2) is 25.7 Å². The number of carbonyl (C=O) groups is 1. The van der Waals surface area contributed by atoms with Crippen LogP contribution in [-0.2, 0) is 16.1 Å². The molecule has 1 fully saturated rings. The third kappa shape index (κ3) is 3.37. The highest BCUT2D eigenvalue weighted by atomic mass is 35.5. The van der Waals surface area contributed by atoms with Crippen LogP contribution >= 0.6 is 12.4 Å². The molecule has 0 aliphatic carbocycles. The average molecular weight is 339 g/mol. The third-order valence-corrected chi connectivity index (χ3v) is 4.67. The zero-order valence-corrected chi connectivity index (χ0v) is 14.1. The number of carbonyl (C=O) groups excluding carboxylic acids is 1. The number of rotatable bonds is 4. The Hall–Kier alpha value is -1.56. The van der Waals surface area contributed by atoms with E-state index in [1.807, 2.05) is 31.2 Å². The van der Waals surface area contributed by atoms with Crippen molar-refractivity contribution < 1.29 is 13.9 Å². The summed E-state index contributed by atoms with van der Waals surface area (Å²) in [5.41, 5.74) is 7.28. The normalized spacial score (nSPS) is 16.8. The van der Waals surface area contributed by atoms with E-state index in [0.717, 1.165) is 22.3 Å². The maximum absolute atomic E-state index is 12.6. The fourth-order valence-corrected chi connectivity index (χ4v) is 3.03.